The van der Waals surface area contributed by atoms with E-state index in [1.807, 2.05) is 0 Å². The van der Waals surface area contributed by atoms with Crippen LogP contribution in [0.5, 0.6) is 0 Å². The van der Waals surface area contributed by atoms with Crippen molar-refractivity contribution in [3.63, 3.8) is 0 Å². The van der Waals surface area contributed by atoms with Gasteiger partial charge in [0.05, 0.1) is 33.4 Å². The molecule has 1 fully saturated rings. The summed E-state index contributed by atoms with van der Waals surface area (Å²) in [5.74, 6) is 0.509. The van der Waals surface area contributed by atoms with Crippen LogP contribution in [0.25, 0.3) is 0 Å². The van der Waals surface area contributed by atoms with Crippen molar-refractivity contribution in [3.05, 3.63) is 0 Å². The molecular formula is C9H19IN2O. The average molecular weight is 298 g/mol. The van der Waals surface area contributed by atoms with Gasteiger partial charge in [-0.05, 0) is 19.3 Å². The van der Waals surface area contributed by atoms with Gasteiger partial charge in [0.25, 0.3) is 0 Å². The van der Waals surface area contributed by atoms with Crippen LogP contribution in [0, 0.1) is 5.92 Å². The summed E-state index contributed by atoms with van der Waals surface area (Å²) in [4.78, 5) is 0. The van der Waals surface area contributed by atoms with E-state index in [1.54, 1.807) is 0 Å². The first kappa shape index (κ1) is 13.2. The summed E-state index contributed by atoms with van der Waals surface area (Å²) in [5, 5.41) is 12.1. The van der Waals surface area contributed by atoms with Gasteiger partial charge in [-0.15, -0.1) is 0 Å². The van der Waals surface area contributed by atoms with Gasteiger partial charge in [0.2, 0.25) is 0 Å². The first-order valence-corrected chi connectivity index (χ1v) is 4.54. The Bertz CT molecular complexity index is 187. The fourth-order valence-corrected chi connectivity index (χ4v) is 1.89. The Morgan fingerprint density at radius 3 is 2.54 bits per heavy atom. The molecule has 1 atom stereocenters. The Kier molecular flexibility index (Phi) is 5.21. The lowest BCUT2D eigenvalue weighted by Crippen LogP contribution is -3.00. The van der Waals surface area contributed by atoms with Crippen molar-refractivity contribution in [1.29, 1.82) is 0 Å². The monoisotopic (exact) mass is 298 g/mol. The van der Waals surface area contributed by atoms with E-state index in [0.717, 1.165) is 23.2 Å². The van der Waals surface area contributed by atoms with E-state index in [-0.39, 0.29) is 24.0 Å². The molecule has 0 bridgehead atoms. The summed E-state index contributed by atoms with van der Waals surface area (Å²) in [6.07, 6.45) is 3.36. The maximum absolute atomic E-state index is 8.71. The molecule has 0 aromatic rings. The second-order valence-electron chi connectivity index (χ2n) is 4.65. The van der Waals surface area contributed by atoms with Crippen LogP contribution in [-0.2, 0) is 0 Å². The largest absolute Gasteiger partial charge is 1.00 e. The van der Waals surface area contributed by atoms with E-state index in [0.29, 0.717) is 5.92 Å². The Morgan fingerprint density at radius 1 is 1.46 bits per heavy atom. The number of nitrogens with zero attached hydrogens (tertiary/aromatic N) is 2. The molecule has 78 valence electrons. The number of rotatable bonds is 2. The first-order chi connectivity index (χ1) is 5.53. The van der Waals surface area contributed by atoms with Crippen LogP contribution in [0.1, 0.15) is 19.3 Å². The topological polar surface area (TPSA) is 32.6 Å². The quantitative estimate of drug-likeness (QED) is 0.281. The van der Waals surface area contributed by atoms with E-state index < -0.39 is 0 Å². The molecule has 1 aliphatic carbocycles. The summed E-state index contributed by atoms with van der Waals surface area (Å²) in [5.41, 5.74) is 1.00. The zero-order valence-corrected chi connectivity index (χ0v) is 10.8. The molecule has 0 aromatic heterocycles. The lowest BCUT2D eigenvalue weighted by Gasteiger charge is -2.27. The third-order valence-electron chi connectivity index (χ3n) is 2.35. The predicted octanol–water partition coefficient (Wildman–Crippen LogP) is -1.67. The minimum atomic E-state index is 0. The molecule has 0 aliphatic heterocycles. The zero-order valence-electron chi connectivity index (χ0n) is 8.63. The number of hydrogen-bond donors (Lipinski definition) is 1. The molecule has 13 heavy (non-hydrogen) atoms. The number of quaternary nitrogens is 1. The standard InChI is InChI=1S/C9H18N2O.HI/c1-11(2,3)7-8-5-4-6-9(8)10-12;/h8H,4-7H2,1-3H3;1H/b10-9+;. The molecule has 1 saturated carbocycles. The molecular weight excluding hydrogens is 279 g/mol. The first-order valence-electron chi connectivity index (χ1n) is 4.54. The summed E-state index contributed by atoms with van der Waals surface area (Å²) in [6, 6.07) is 0. The van der Waals surface area contributed by atoms with Crippen LogP contribution < -0.4 is 24.0 Å². The summed E-state index contributed by atoms with van der Waals surface area (Å²) in [7, 11) is 6.52. The maximum Gasteiger partial charge on any atom is 0.0863 e. The molecule has 1 rings (SSSR count). The third-order valence-corrected chi connectivity index (χ3v) is 2.35. The van der Waals surface area contributed by atoms with Gasteiger partial charge in [-0.2, -0.15) is 0 Å². The number of halogens is 1. The zero-order chi connectivity index (χ0) is 9.19. The molecule has 4 heteroatoms. The molecule has 0 amide bonds. The molecule has 0 spiro atoms. The molecule has 0 saturated heterocycles. The van der Waals surface area contributed by atoms with Crippen molar-refractivity contribution >= 4 is 5.71 Å². The van der Waals surface area contributed by atoms with Gasteiger partial charge in [0.15, 0.2) is 0 Å². The smallest absolute Gasteiger partial charge is 0.0863 e. The normalized spacial score (nSPS) is 26.1. The van der Waals surface area contributed by atoms with E-state index in [4.69, 9.17) is 5.21 Å². The Labute approximate surface area is 97.4 Å². The minimum Gasteiger partial charge on any atom is -1.00 e. The lowest BCUT2D eigenvalue weighted by atomic mass is 10.1. The molecule has 1 aliphatic rings. The SMILES string of the molecule is C[N+](C)(C)CC1CCC/C1=N\O.[I-]. The highest BCUT2D eigenvalue weighted by atomic mass is 127. The Morgan fingerprint density at radius 2 is 2.08 bits per heavy atom. The van der Waals surface area contributed by atoms with Gasteiger partial charge >= 0.3 is 0 Å². The van der Waals surface area contributed by atoms with Gasteiger partial charge in [0.1, 0.15) is 0 Å². The van der Waals surface area contributed by atoms with E-state index >= 15 is 0 Å². The highest BCUT2D eigenvalue weighted by Gasteiger charge is 2.28. The van der Waals surface area contributed by atoms with Crippen LogP contribution in [-0.4, -0.2) is 43.1 Å². The summed E-state index contributed by atoms with van der Waals surface area (Å²) in [6.45, 7) is 1.08. The highest BCUT2D eigenvalue weighted by molar-refractivity contribution is 5.88. The van der Waals surface area contributed by atoms with Gasteiger partial charge in [-0.1, -0.05) is 5.16 Å². The van der Waals surface area contributed by atoms with E-state index in [2.05, 4.69) is 26.3 Å². The second kappa shape index (κ2) is 5.14. The van der Waals surface area contributed by atoms with Gasteiger partial charge < -0.3 is 33.7 Å². The molecule has 1 N–H and O–H groups in total. The van der Waals surface area contributed by atoms with E-state index in [9.17, 15) is 0 Å². The van der Waals surface area contributed by atoms with Crippen molar-refractivity contribution in [2.24, 2.45) is 11.1 Å². The highest BCUT2D eigenvalue weighted by Crippen LogP contribution is 2.24. The molecule has 1 unspecified atom stereocenters. The summed E-state index contributed by atoms with van der Waals surface area (Å²) < 4.78 is 0.948. The predicted molar refractivity (Wildman–Crippen MR) is 49.5 cm³/mol. The number of hydrogen-bond acceptors (Lipinski definition) is 2. The second-order valence-corrected chi connectivity index (χ2v) is 4.65. The lowest BCUT2D eigenvalue weighted by molar-refractivity contribution is -0.872. The van der Waals surface area contributed by atoms with Crippen molar-refractivity contribution in [1.82, 2.24) is 0 Å². The molecule has 0 radical (unpaired) electrons. The number of oxime groups is 1. The van der Waals surface area contributed by atoms with Crippen molar-refractivity contribution in [2.45, 2.75) is 19.3 Å². The van der Waals surface area contributed by atoms with Crippen LogP contribution in [0.4, 0.5) is 0 Å². The molecule has 0 aromatic carbocycles. The molecule has 0 heterocycles. The van der Waals surface area contributed by atoms with Gasteiger partial charge in [0, 0.05) is 5.92 Å². The fourth-order valence-electron chi connectivity index (χ4n) is 1.89. The summed E-state index contributed by atoms with van der Waals surface area (Å²) >= 11 is 0. The third kappa shape index (κ3) is 4.26. The van der Waals surface area contributed by atoms with E-state index in [1.165, 1.54) is 12.8 Å². The van der Waals surface area contributed by atoms with Gasteiger partial charge in [-0.25, -0.2) is 0 Å². The Hall–Kier alpha value is 0.160. The van der Waals surface area contributed by atoms with Crippen molar-refractivity contribution < 1.29 is 33.7 Å². The van der Waals surface area contributed by atoms with Crippen molar-refractivity contribution in [3.8, 4) is 0 Å². The van der Waals surface area contributed by atoms with Crippen LogP contribution in [0.2, 0.25) is 0 Å². The van der Waals surface area contributed by atoms with Gasteiger partial charge in [-0.3, -0.25) is 0 Å². The molecule has 3 nitrogen and oxygen atoms in total. The maximum atomic E-state index is 8.71. The van der Waals surface area contributed by atoms with Crippen LogP contribution in [0.15, 0.2) is 5.16 Å². The van der Waals surface area contributed by atoms with Crippen LogP contribution >= 0.6 is 0 Å². The van der Waals surface area contributed by atoms with Crippen LogP contribution in [0.3, 0.4) is 0 Å². The average Bonchev–Trinajstić information content (AvgIpc) is 2.31. The fraction of sp³-hybridized carbons (Fsp3) is 0.889. The van der Waals surface area contributed by atoms with Crippen molar-refractivity contribution in [2.75, 3.05) is 27.7 Å². The Balaban J connectivity index is 0.00000144. The minimum absolute atomic E-state index is 0.